The van der Waals surface area contributed by atoms with Crippen LogP contribution in [0.1, 0.15) is 20.8 Å². The van der Waals surface area contributed by atoms with E-state index in [0.29, 0.717) is 19.6 Å². The lowest BCUT2D eigenvalue weighted by molar-refractivity contribution is -0.113. The minimum Gasteiger partial charge on any atom is -0.486 e. The summed E-state index contributed by atoms with van der Waals surface area (Å²) in [6.45, 7) is 6.52. The predicted octanol–water partition coefficient (Wildman–Crippen LogP) is 0.0848. The molecule has 4 atom stereocenters. The number of aliphatic hydroxyl groups is 3. The maximum absolute atomic E-state index is 9.95. The molecule has 0 fully saturated rings. The number of rotatable bonds is 7. The van der Waals surface area contributed by atoms with Gasteiger partial charge in [0.2, 0.25) is 0 Å². The van der Waals surface area contributed by atoms with Crippen molar-refractivity contribution in [2.45, 2.75) is 45.2 Å². The molecule has 0 spiro atoms. The minimum atomic E-state index is -0.433. The van der Waals surface area contributed by atoms with Crippen LogP contribution in [0.4, 0.5) is 0 Å². The number of aldehydes is 1. The molecule has 6 nitrogen and oxygen atoms in total. The molecule has 122 valence electrons. The third-order valence-electron chi connectivity index (χ3n) is 2.43. The van der Waals surface area contributed by atoms with E-state index in [0.717, 1.165) is 6.29 Å². The highest BCUT2D eigenvalue weighted by Crippen LogP contribution is 1.98. The lowest BCUT2D eigenvalue weighted by Crippen LogP contribution is -2.40. The van der Waals surface area contributed by atoms with E-state index >= 15 is 0 Å². The van der Waals surface area contributed by atoms with Crippen LogP contribution in [0.5, 0.6) is 0 Å². The fraction of sp³-hybridized carbons (Fsp3) is 0.667. The molecule has 1 aliphatic heterocycles. The number of aliphatic hydroxyl groups excluding tert-OH is 3. The summed E-state index contributed by atoms with van der Waals surface area (Å²) in [6, 6.07) is 0. The van der Waals surface area contributed by atoms with Crippen LogP contribution in [0.15, 0.2) is 24.5 Å². The van der Waals surface area contributed by atoms with Gasteiger partial charge in [-0.05, 0) is 32.9 Å². The molecule has 0 aromatic heterocycles. The molecule has 0 radical (unpaired) electrons. The van der Waals surface area contributed by atoms with Crippen LogP contribution >= 0.6 is 0 Å². The molecule has 0 saturated carbocycles. The zero-order chi connectivity index (χ0) is 16.3. The first-order chi connectivity index (χ1) is 9.85. The van der Waals surface area contributed by atoms with Gasteiger partial charge in [0.15, 0.2) is 12.4 Å². The van der Waals surface area contributed by atoms with Crippen LogP contribution in [-0.2, 0) is 9.53 Å². The first-order valence-corrected chi connectivity index (χ1v) is 7.05. The molecule has 0 aliphatic carbocycles. The summed E-state index contributed by atoms with van der Waals surface area (Å²) in [7, 11) is 0. The second-order valence-electron chi connectivity index (χ2n) is 5.22. The Bertz CT molecular complexity index is 302. The largest absolute Gasteiger partial charge is 0.486 e. The Kier molecular flexibility index (Phi) is 10.8. The fourth-order valence-electron chi connectivity index (χ4n) is 1.82. The smallest absolute Gasteiger partial charge is 0.171 e. The fourth-order valence-corrected chi connectivity index (χ4v) is 1.82. The van der Waals surface area contributed by atoms with Crippen molar-refractivity contribution in [3.63, 3.8) is 0 Å². The highest BCUT2D eigenvalue weighted by atomic mass is 16.5. The van der Waals surface area contributed by atoms with Crippen molar-refractivity contribution in [1.29, 1.82) is 0 Å². The quantitative estimate of drug-likeness (QED) is 0.577. The van der Waals surface area contributed by atoms with Gasteiger partial charge in [-0.1, -0.05) is 6.08 Å². The van der Waals surface area contributed by atoms with E-state index in [1.165, 1.54) is 6.26 Å². The zero-order valence-electron chi connectivity index (χ0n) is 12.9. The van der Waals surface area contributed by atoms with Crippen molar-refractivity contribution >= 4 is 6.29 Å². The van der Waals surface area contributed by atoms with Crippen LogP contribution in [-0.4, -0.2) is 70.6 Å². The monoisotopic (exact) mass is 301 g/mol. The summed E-state index contributed by atoms with van der Waals surface area (Å²) in [4.78, 5) is 11.8. The van der Waals surface area contributed by atoms with E-state index in [1.807, 2.05) is 4.90 Å². The van der Waals surface area contributed by atoms with Gasteiger partial charge >= 0.3 is 0 Å². The number of carbonyl (C=O) groups is 1. The summed E-state index contributed by atoms with van der Waals surface area (Å²) < 4.78 is 4.79. The maximum atomic E-state index is 9.95. The van der Waals surface area contributed by atoms with E-state index in [9.17, 15) is 4.79 Å². The average molecular weight is 301 g/mol. The summed E-state index contributed by atoms with van der Waals surface area (Å²) in [5.74, 6) is 0. The van der Waals surface area contributed by atoms with Crippen LogP contribution < -0.4 is 0 Å². The molecular formula is C15H27NO5. The third kappa shape index (κ3) is 12.3. The van der Waals surface area contributed by atoms with Gasteiger partial charge in [-0.3, -0.25) is 9.69 Å². The molecular weight excluding hydrogens is 274 g/mol. The first kappa shape index (κ1) is 19.8. The number of hydrogen-bond donors (Lipinski definition) is 3. The Morgan fingerprint density at radius 3 is 1.76 bits per heavy atom. The molecule has 1 aliphatic rings. The van der Waals surface area contributed by atoms with E-state index in [-0.39, 0.29) is 6.10 Å². The molecule has 0 aromatic carbocycles. The zero-order valence-corrected chi connectivity index (χ0v) is 12.9. The van der Waals surface area contributed by atoms with Gasteiger partial charge in [0.1, 0.15) is 0 Å². The number of allylic oxidation sites excluding steroid dienone is 2. The predicted molar refractivity (Wildman–Crippen MR) is 80.7 cm³/mol. The van der Waals surface area contributed by atoms with E-state index in [4.69, 9.17) is 20.1 Å². The van der Waals surface area contributed by atoms with E-state index in [2.05, 4.69) is 0 Å². The molecule has 1 heterocycles. The Hall–Kier alpha value is -1.21. The lowest BCUT2D eigenvalue weighted by Gasteiger charge is -2.25. The minimum absolute atomic E-state index is 0.361. The van der Waals surface area contributed by atoms with E-state index < -0.39 is 18.3 Å². The van der Waals surface area contributed by atoms with Crippen molar-refractivity contribution < 1.29 is 24.9 Å². The molecule has 0 amide bonds. The van der Waals surface area contributed by atoms with Crippen molar-refractivity contribution in [3.05, 3.63) is 24.5 Å². The van der Waals surface area contributed by atoms with Crippen LogP contribution in [0.2, 0.25) is 0 Å². The van der Waals surface area contributed by atoms with Gasteiger partial charge in [0, 0.05) is 19.6 Å². The van der Waals surface area contributed by atoms with Gasteiger partial charge in [-0.15, -0.1) is 0 Å². The topological polar surface area (TPSA) is 90.2 Å². The van der Waals surface area contributed by atoms with Crippen LogP contribution in [0.25, 0.3) is 0 Å². The molecule has 0 aromatic rings. The Labute approximate surface area is 126 Å². The summed E-state index contributed by atoms with van der Waals surface area (Å²) in [6.07, 6.45) is 5.79. The van der Waals surface area contributed by atoms with Crippen molar-refractivity contribution in [2.75, 3.05) is 19.6 Å². The molecule has 6 heteroatoms. The van der Waals surface area contributed by atoms with Crippen LogP contribution in [0, 0.1) is 0 Å². The molecule has 0 bridgehead atoms. The van der Waals surface area contributed by atoms with Gasteiger partial charge < -0.3 is 20.1 Å². The average Bonchev–Trinajstić information content (AvgIpc) is 2.38. The van der Waals surface area contributed by atoms with Gasteiger partial charge in [-0.25, -0.2) is 0 Å². The standard InChI is InChI=1S/C9H21NO3.C6H6O2/c1-7(11)4-10(5-8(2)12)6-9(3)13;7-5-6-3-1-2-4-8-6/h7-9,11-13H,4-6H2,1-3H3;1-6H. The number of nitrogens with zero attached hydrogens (tertiary/aromatic N) is 1. The Morgan fingerprint density at radius 2 is 1.52 bits per heavy atom. The third-order valence-corrected chi connectivity index (χ3v) is 2.43. The van der Waals surface area contributed by atoms with Gasteiger partial charge in [0.25, 0.3) is 0 Å². The summed E-state index contributed by atoms with van der Waals surface area (Å²) in [5, 5.41) is 27.4. The Morgan fingerprint density at radius 1 is 1.05 bits per heavy atom. The Balaban J connectivity index is 0.000000423. The number of ether oxygens (including phenoxy) is 1. The second-order valence-corrected chi connectivity index (χ2v) is 5.22. The van der Waals surface area contributed by atoms with Crippen LogP contribution in [0.3, 0.4) is 0 Å². The normalized spacial score (nSPS) is 21.0. The molecule has 21 heavy (non-hydrogen) atoms. The van der Waals surface area contributed by atoms with Crippen molar-refractivity contribution in [3.8, 4) is 0 Å². The lowest BCUT2D eigenvalue weighted by atomic mass is 10.2. The molecule has 1 rings (SSSR count). The maximum Gasteiger partial charge on any atom is 0.171 e. The SMILES string of the molecule is CC(O)CN(CC(C)O)CC(C)O.O=CC1C=CC=CO1. The van der Waals surface area contributed by atoms with Gasteiger partial charge in [-0.2, -0.15) is 0 Å². The summed E-state index contributed by atoms with van der Waals surface area (Å²) in [5.41, 5.74) is 0. The molecule has 0 saturated heterocycles. The van der Waals surface area contributed by atoms with Gasteiger partial charge in [0.05, 0.1) is 24.6 Å². The molecule has 4 unspecified atom stereocenters. The first-order valence-electron chi connectivity index (χ1n) is 7.05. The van der Waals surface area contributed by atoms with E-state index in [1.54, 1.807) is 39.0 Å². The summed E-state index contributed by atoms with van der Waals surface area (Å²) >= 11 is 0. The number of carbonyl (C=O) groups excluding carboxylic acids is 1. The van der Waals surface area contributed by atoms with Crippen molar-refractivity contribution in [1.82, 2.24) is 4.90 Å². The van der Waals surface area contributed by atoms with Crippen molar-refractivity contribution in [2.24, 2.45) is 0 Å². The number of hydrogen-bond acceptors (Lipinski definition) is 6. The molecule has 3 N–H and O–H groups in total. The highest BCUT2D eigenvalue weighted by molar-refractivity contribution is 5.59. The highest BCUT2D eigenvalue weighted by Gasteiger charge is 2.12. The second kappa shape index (κ2) is 11.4.